The summed E-state index contributed by atoms with van der Waals surface area (Å²) < 4.78 is 0. The third-order valence-corrected chi connectivity index (χ3v) is 2.49. The van der Waals surface area contributed by atoms with Crippen LogP contribution in [0.25, 0.3) is 10.8 Å². The number of aromatic hydroxyl groups is 1. The van der Waals surface area contributed by atoms with Gasteiger partial charge in [0.2, 0.25) is 0 Å². The molecule has 2 aromatic carbocycles. The van der Waals surface area contributed by atoms with E-state index in [1.54, 1.807) is 24.3 Å². The molecule has 2 nitrogen and oxygen atoms in total. The summed E-state index contributed by atoms with van der Waals surface area (Å²) in [5, 5.41) is 11.2. The van der Waals surface area contributed by atoms with Gasteiger partial charge in [0.25, 0.3) is 0 Å². The van der Waals surface area contributed by atoms with Gasteiger partial charge in [-0.3, -0.25) is 4.79 Å². The number of carbonyl (C=O) groups excluding carboxylic acids is 1. The molecule has 0 radical (unpaired) electrons. The van der Waals surface area contributed by atoms with E-state index < -0.39 is 0 Å². The summed E-state index contributed by atoms with van der Waals surface area (Å²) in [6, 6.07) is 8.45. The highest BCUT2D eigenvalue weighted by atomic mass is 35.5. The standard InChI is InChI=1S/C11H7ClO2/c12-11-9-5-7(6-13)1-2-8(9)3-4-10(11)14/h1-6,14H. The minimum Gasteiger partial charge on any atom is -0.506 e. The maximum atomic E-state index is 10.5. The molecule has 0 spiro atoms. The van der Waals surface area contributed by atoms with Crippen molar-refractivity contribution < 1.29 is 9.90 Å². The zero-order valence-electron chi connectivity index (χ0n) is 7.20. The Kier molecular flexibility index (Phi) is 2.14. The molecular weight excluding hydrogens is 200 g/mol. The molecule has 0 heterocycles. The monoisotopic (exact) mass is 206 g/mol. The van der Waals surface area contributed by atoms with Crippen molar-refractivity contribution in [1.29, 1.82) is 0 Å². The fourth-order valence-electron chi connectivity index (χ4n) is 1.36. The number of hydrogen-bond acceptors (Lipinski definition) is 2. The normalized spacial score (nSPS) is 10.4. The smallest absolute Gasteiger partial charge is 0.150 e. The van der Waals surface area contributed by atoms with Crippen molar-refractivity contribution >= 4 is 28.7 Å². The van der Waals surface area contributed by atoms with Crippen LogP contribution in [0.1, 0.15) is 10.4 Å². The molecule has 0 fully saturated rings. The minimum atomic E-state index is 0.0298. The quantitative estimate of drug-likeness (QED) is 0.729. The number of rotatable bonds is 1. The van der Waals surface area contributed by atoms with E-state index in [-0.39, 0.29) is 10.8 Å². The summed E-state index contributed by atoms with van der Waals surface area (Å²) in [4.78, 5) is 10.5. The van der Waals surface area contributed by atoms with Crippen molar-refractivity contribution in [3.8, 4) is 5.75 Å². The zero-order valence-corrected chi connectivity index (χ0v) is 7.95. The number of fused-ring (bicyclic) bond motifs is 1. The Morgan fingerprint density at radius 2 is 1.93 bits per heavy atom. The second kappa shape index (κ2) is 3.31. The van der Waals surface area contributed by atoms with Crippen LogP contribution in [0, 0.1) is 0 Å². The maximum absolute atomic E-state index is 10.5. The Bertz CT molecular complexity index is 506. The molecular formula is C11H7ClO2. The zero-order chi connectivity index (χ0) is 10.1. The third kappa shape index (κ3) is 1.34. The second-order valence-electron chi connectivity index (χ2n) is 3.00. The Labute approximate surface area is 85.7 Å². The molecule has 0 aliphatic rings. The van der Waals surface area contributed by atoms with Crippen LogP contribution >= 0.6 is 11.6 Å². The summed E-state index contributed by atoms with van der Waals surface area (Å²) in [5.74, 6) is 0.0298. The van der Waals surface area contributed by atoms with Crippen molar-refractivity contribution in [2.24, 2.45) is 0 Å². The van der Waals surface area contributed by atoms with Crippen LogP contribution in [0.5, 0.6) is 5.75 Å². The molecule has 0 aliphatic heterocycles. The minimum absolute atomic E-state index is 0.0298. The van der Waals surface area contributed by atoms with E-state index in [0.717, 1.165) is 11.7 Å². The average molecular weight is 207 g/mol. The van der Waals surface area contributed by atoms with Crippen molar-refractivity contribution in [3.63, 3.8) is 0 Å². The number of hydrogen-bond donors (Lipinski definition) is 1. The highest BCUT2D eigenvalue weighted by Gasteiger charge is 2.04. The lowest BCUT2D eigenvalue weighted by Crippen LogP contribution is -1.81. The number of phenols is 1. The molecule has 0 atom stereocenters. The van der Waals surface area contributed by atoms with Gasteiger partial charge in [0, 0.05) is 10.9 Å². The second-order valence-corrected chi connectivity index (χ2v) is 3.38. The summed E-state index contributed by atoms with van der Waals surface area (Å²) in [7, 11) is 0. The molecule has 0 saturated heterocycles. The molecule has 1 N–H and O–H groups in total. The van der Waals surface area contributed by atoms with Gasteiger partial charge in [0.15, 0.2) is 0 Å². The first-order valence-electron chi connectivity index (χ1n) is 4.09. The third-order valence-electron chi connectivity index (χ3n) is 2.10. The molecule has 14 heavy (non-hydrogen) atoms. The van der Waals surface area contributed by atoms with E-state index in [1.165, 1.54) is 6.07 Å². The molecule has 2 aromatic rings. The summed E-state index contributed by atoms with van der Waals surface area (Å²) in [5.41, 5.74) is 0.546. The van der Waals surface area contributed by atoms with Crippen molar-refractivity contribution in [3.05, 3.63) is 40.9 Å². The molecule has 0 aromatic heterocycles. The van der Waals surface area contributed by atoms with Crippen LogP contribution in [0.15, 0.2) is 30.3 Å². The molecule has 0 aliphatic carbocycles. The summed E-state index contributed by atoms with van der Waals surface area (Å²) in [6.07, 6.45) is 0.750. The topological polar surface area (TPSA) is 37.3 Å². The Morgan fingerprint density at radius 1 is 1.21 bits per heavy atom. The fraction of sp³-hybridized carbons (Fsp3) is 0. The van der Waals surface area contributed by atoms with Gasteiger partial charge in [-0.2, -0.15) is 0 Å². The van der Waals surface area contributed by atoms with E-state index in [9.17, 15) is 9.90 Å². The van der Waals surface area contributed by atoms with Gasteiger partial charge in [0.05, 0.1) is 5.02 Å². The number of aldehydes is 1. The fourth-order valence-corrected chi connectivity index (χ4v) is 1.59. The first-order chi connectivity index (χ1) is 6.72. The lowest BCUT2D eigenvalue weighted by atomic mass is 10.1. The van der Waals surface area contributed by atoms with Crippen LogP contribution < -0.4 is 0 Å². The van der Waals surface area contributed by atoms with E-state index >= 15 is 0 Å². The first-order valence-corrected chi connectivity index (χ1v) is 4.46. The van der Waals surface area contributed by atoms with Gasteiger partial charge in [0.1, 0.15) is 12.0 Å². The van der Waals surface area contributed by atoms with Gasteiger partial charge < -0.3 is 5.11 Å². The summed E-state index contributed by atoms with van der Waals surface area (Å²) in [6.45, 7) is 0. The average Bonchev–Trinajstić information content (AvgIpc) is 2.23. The van der Waals surface area contributed by atoms with Gasteiger partial charge in [-0.15, -0.1) is 0 Å². The van der Waals surface area contributed by atoms with Crippen LogP contribution in [-0.2, 0) is 0 Å². The predicted molar refractivity (Wildman–Crippen MR) is 56.0 cm³/mol. The molecule has 0 bridgehead atoms. The molecule has 70 valence electrons. The lowest BCUT2D eigenvalue weighted by molar-refractivity contribution is 0.112. The molecule has 0 unspecified atom stereocenters. The molecule has 2 rings (SSSR count). The Hall–Kier alpha value is -1.54. The number of benzene rings is 2. The summed E-state index contributed by atoms with van der Waals surface area (Å²) >= 11 is 5.89. The first kappa shape index (κ1) is 9.03. The SMILES string of the molecule is O=Cc1ccc2ccc(O)c(Cl)c2c1. The van der Waals surface area contributed by atoms with Gasteiger partial charge in [-0.05, 0) is 17.5 Å². The Morgan fingerprint density at radius 3 is 2.64 bits per heavy atom. The van der Waals surface area contributed by atoms with Crippen LogP contribution in [0.3, 0.4) is 0 Å². The Balaban J connectivity index is 2.84. The van der Waals surface area contributed by atoms with E-state index in [1.807, 2.05) is 0 Å². The van der Waals surface area contributed by atoms with E-state index in [2.05, 4.69) is 0 Å². The highest BCUT2D eigenvalue weighted by molar-refractivity contribution is 6.37. The lowest BCUT2D eigenvalue weighted by Gasteiger charge is -2.02. The van der Waals surface area contributed by atoms with Crippen molar-refractivity contribution in [2.75, 3.05) is 0 Å². The van der Waals surface area contributed by atoms with Crippen molar-refractivity contribution in [2.45, 2.75) is 0 Å². The number of carbonyl (C=O) groups is 1. The molecule has 0 saturated carbocycles. The largest absolute Gasteiger partial charge is 0.506 e. The van der Waals surface area contributed by atoms with Crippen LogP contribution in [0.2, 0.25) is 5.02 Å². The molecule has 3 heteroatoms. The maximum Gasteiger partial charge on any atom is 0.150 e. The van der Waals surface area contributed by atoms with Gasteiger partial charge in [-0.1, -0.05) is 29.8 Å². The highest BCUT2D eigenvalue weighted by Crippen LogP contribution is 2.31. The predicted octanol–water partition coefficient (Wildman–Crippen LogP) is 3.01. The van der Waals surface area contributed by atoms with Crippen LogP contribution in [0.4, 0.5) is 0 Å². The van der Waals surface area contributed by atoms with Crippen LogP contribution in [-0.4, -0.2) is 11.4 Å². The van der Waals surface area contributed by atoms with E-state index in [4.69, 9.17) is 11.6 Å². The van der Waals surface area contributed by atoms with E-state index in [0.29, 0.717) is 10.9 Å². The van der Waals surface area contributed by atoms with Gasteiger partial charge >= 0.3 is 0 Å². The number of halogens is 1. The van der Waals surface area contributed by atoms with Gasteiger partial charge in [-0.25, -0.2) is 0 Å². The van der Waals surface area contributed by atoms with Crippen molar-refractivity contribution in [1.82, 2.24) is 0 Å². The molecule has 0 amide bonds. The number of phenolic OH excluding ortho intramolecular Hbond substituents is 1.